The topological polar surface area (TPSA) is 50.7 Å². The molecule has 0 aromatic rings. The van der Waals surface area contributed by atoms with Crippen LogP contribution in [0.25, 0.3) is 0 Å². The molecule has 3 atom stereocenters. The van der Waals surface area contributed by atoms with Gasteiger partial charge in [0.2, 0.25) is 5.90 Å². The monoisotopic (exact) mass is 266 g/mol. The minimum absolute atomic E-state index is 0.0926. The molecule has 0 aromatic carbocycles. The summed E-state index contributed by atoms with van der Waals surface area (Å²) in [6.07, 6.45) is 7.67. The second-order valence-corrected chi connectivity index (χ2v) is 5.93. The SMILES string of the molecule is CNC(CC1CCCCC1)C1=NC(C(C)=O)C(C)O1. The summed E-state index contributed by atoms with van der Waals surface area (Å²) < 4.78 is 5.80. The smallest absolute Gasteiger partial charge is 0.202 e. The molecule has 1 fully saturated rings. The zero-order chi connectivity index (χ0) is 13.8. The molecule has 19 heavy (non-hydrogen) atoms. The van der Waals surface area contributed by atoms with Crippen molar-refractivity contribution in [1.82, 2.24) is 5.32 Å². The number of likely N-dealkylation sites (N-methyl/N-ethyl adjacent to an activating group) is 1. The molecule has 0 saturated heterocycles. The van der Waals surface area contributed by atoms with Gasteiger partial charge in [0.25, 0.3) is 0 Å². The zero-order valence-electron chi connectivity index (χ0n) is 12.3. The van der Waals surface area contributed by atoms with Gasteiger partial charge in [0.15, 0.2) is 5.78 Å². The first kappa shape index (κ1) is 14.5. The fourth-order valence-corrected chi connectivity index (χ4v) is 3.22. The highest BCUT2D eigenvalue weighted by atomic mass is 16.5. The third kappa shape index (κ3) is 3.56. The molecule has 0 bridgehead atoms. The van der Waals surface area contributed by atoms with E-state index in [1.807, 2.05) is 14.0 Å². The number of hydrogen-bond donors (Lipinski definition) is 1. The van der Waals surface area contributed by atoms with Gasteiger partial charge in [-0.05, 0) is 33.2 Å². The van der Waals surface area contributed by atoms with Crippen molar-refractivity contribution in [2.24, 2.45) is 10.9 Å². The number of carbonyl (C=O) groups excluding carboxylic acids is 1. The Bertz CT molecular complexity index is 348. The van der Waals surface area contributed by atoms with Gasteiger partial charge in [-0.2, -0.15) is 0 Å². The molecule has 4 heteroatoms. The van der Waals surface area contributed by atoms with E-state index in [4.69, 9.17) is 4.74 Å². The maximum Gasteiger partial charge on any atom is 0.202 e. The molecule has 2 aliphatic rings. The number of rotatable bonds is 5. The van der Waals surface area contributed by atoms with Crippen LogP contribution in [-0.2, 0) is 9.53 Å². The van der Waals surface area contributed by atoms with Crippen LogP contribution in [0.2, 0.25) is 0 Å². The van der Waals surface area contributed by atoms with Crippen molar-refractivity contribution in [3.8, 4) is 0 Å². The summed E-state index contributed by atoms with van der Waals surface area (Å²) in [5.74, 6) is 1.60. The number of hydrogen-bond acceptors (Lipinski definition) is 4. The lowest BCUT2D eigenvalue weighted by molar-refractivity contribution is -0.119. The Morgan fingerprint density at radius 3 is 2.63 bits per heavy atom. The maximum atomic E-state index is 11.5. The van der Waals surface area contributed by atoms with Crippen molar-refractivity contribution in [2.75, 3.05) is 7.05 Å². The van der Waals surface area contributed by atoms with Crippen LogP contribution in [0.4, 0.5) is 0 Å². The van der Waals surface area contributed by atoms with Gasteiger partial charge in [0.05, 0.1) is 6.04 Å². The van der Waals surface area contributed by atoms with E-state index in [9.17, 15) is 4.79 Å². The van der Waals surface area contributed by atoms with Gasteiger partial charge in [-0.15, -0.1) is 0 Å². The number of nitrogens with zero attached hydrogens (tertiary/aromatic N) is 1. The van der Waals surface area contributed by atoms with Crippen LogP contribution in [0, 0.1) is 5.92 Å². The van der Waals surface area contributed by atoms with Gasteiger partial charge in [-0.1, -0.05) is 32.1 Å². The quantitative estimate of drug-likeness (QED) is 0.831. The lowest BCUT2D eigenvalue weighted by Gasteiger charge is -2.26. The largest absolute Gasteiger partial charge is 0.474 e. The van der Waals surface area contributed by atoms with Crippen LogP contribution in [0.15, 0.2) is 4.99 Å². The second kappa shape index (κ2) is 6.51. The molecular formula is C15H26N2O2. The van der Waals surface area contributed by atoms with Crippen LogP contribution in [0.3, 0.4) is 0 Å². The summed E-state index contributed by atoms with van der Waals surface area (Å²) in [6.45, 7) is 3.52. The zero-order valence-corrected chi connectivity index (χ0v) is 12.3. The van der Waals surface area contributed by atoms with Gasteiger partial charge in [-0.3, -0.25) is 4.79 Å². The molecule has 1 saturated carbocycles. The van der Waals surface area contributed by atoms with Crippen molar-refractivity contribution in [3.63, 3.8) is 0 Å². The molecule has 2 rings (SSSR count). The minimum atomic E-state index is -0.308. The van der Waals surface area contributed by atoms with Crippen molar-refractivity contribution in [2.45, 2.75) is 70.6 Å². The molecule has 0 spiro atoms. The summed E-state index contributed by atoms with van der Waals surface area (Å²) in [6, 6.07) is -0.146. The lowest BCUT2D eigenvalue weighted by Crippen LogP contribution is -2.37. The number of carbonyl (C=O) groups is 1. The van der Waals surface area contributed by atoms with Crippen LogP contribution < -0.4 is 5.32 Å². The van der Waals surface area contributed by atoms with E-state index in [0.29, 0.717) is 0 Å². The van der Waals surface area contributed by atoms with Crippen molar-refractivity contribution < 1.29 is 9.53 Å². The third-order valence-electron chi connectivity index (χ3n) is 4.37. The first-order valence-electron chi connectivity index (χ1n) is 7.54. The molecule has 1 N–H and O–H groups in total. The molecular weight excluding hydrogens is 240 g/mol. The number of nitrogens with one attached hydrogen (secondary N) is 1. The first-order chi connectivity index (χ1) is 9.11. The highest BCUT2D eigenvalue weighted by molar-refractivity contribution is 5.91. The molecule has 0 radical (unpaired) electrons. The average molecular weight is 266 g/mol. The van der Waals surface area contributed by atoms with Gasteiger partial charge in [0, 0.05) is 0 Å². The number of Topliss-reactive ketones (excluding diaryl/α,β-unsaturated/α-hetero) is 1. The van der Waals surface area contributed by atoms with E-state index in [-0.39, 0.29) is 24.0 Å². The first-order valence-corrected chi connectivity index (χ1v) is 7.54. The Labute approximate surface area is 116 Å². The second-order valence-electron chi connectivity index (χ2n) is 5.93. The van der Waals surface area contributed by atoms with Crippen LogP contribution in [0.1, 0.15) is 52.4 Å². The normalized spacial score (nSPS) is 29.7. The lowest BCUT2D eigenvalue weighted by atomic mass is 9.85. The van der Waals surface area contributed by atoms with Crippen molar-refractivity contribution in [3.05, 3.63) is 0 Å². The Kier molecular flexibility index (Phi) is 4.97. The molecule has 4 nitrogen and oxygen atoms in total. The predicted octanol–water partition coefficient (Wildman–Crippen LogP) is 2.32. The Morgan fingerprint density at radius 2 is 2.11 bits per heavy atom. The van der Waals surface area contributed by atoms with E-state index in [2.05, 4.69) is 10.3 Å². The molecule has 1 aliphatic heterocycles. The Balaban J connectivity index is 1.97. The fraction of sp³-hybridized carbons (Fsp3) is 0.867. The Hall–Kier alpha value is -0.900. The third-order valence-corrected chi connectivity index (χ3v) is 4.37. The van der Waals surface area contributed by atoms with Gasteiger partial charge in [0.1, 0.15) is 12.1 Å². The molecule has 0 aromatic heterocycles. The highest BCUT2D eigenvalue weighted by Crippen LogP contribution is 2.28. The standard InChI is InChI=1S/C15H26N2O2/c1-10(18)14-11(2)19-15(17-14)13(16-3)9-12-7-5-4-6-8-12/h11-14,16H,4-9H2,1-3H3. The molecule has 0 amide bonds. The molecule has 1 heterocycles. The summed E-state index contributed by atoms with van der Waals surface area (Å²) >= 11 is 0. The number of ketones is 1. The summed E-state index contributed by atoms with van der Waals surface area (Å²) in [4.78, 5) is 16.0. The predicted molar refractivity (Wildman–Crippen MR) is 76.5 cm³/mol. The van der Waals surface area contributed by atoms with E-state index >= 15 is 0 Å². The number of aliphatic imine (C=N–C) groups is 1. The summed E-state index contributed by atoms with van der Waals surface area (Å²) in [7, 11) is 1.95. The number of ether oxygens (including phenoxy) is 1. The minimum Gasteiger partial charge on any atom is -0.474 e. The Morgan fingerprint density at radius 1 is 1.42 bits per heavy atom. The van der Waals surface area contributed by atoms with Crippen LogP contribution >= 0.6 is 0 Å². The summed E-state index contributed by atoms with van der Waals surface area (Å²) in [5.41, 5.74) is 0. The van der Waals surface area contributed by atoms with E-state index < -0.39 is 0 Å². The summed E-state index contributed by atoms with van der Waals surface area (Å²) in [5, 5.41) is 3.30. The molecule has 3 unspecified atom stereocenters. The maximum absolute atomic E-state index is 11.5. The van der Waals surface area contributed by atoms with Crippen molar-refractivity contribution in [1.29, 1.82) is 0 Å². The molecule has 1 aliphatic carbocycles. The molecule has 108 valence electrons. The van der Waals surface area contributed by atoms with E-state index in [1.165, 1.54) is 32.1 Å². The van der Waals surface area contributed by atoms with Gasteiger partial charge in [-0.25, -0.2) is 4.99 Å². The van der Waals surface area contributed by atoms with E-state index in [1.54, 1.807) is 6.92 Å². The van der Waals surface area contributed by atoms with Gasteiger partial charge < -0.3 is 10.1 Å². The average Bonchev–Trinajstić information content (AvgIpc) is 2.79. The van der Waals surface area contributed by atoms with Gasteiger partial charge >= 0.3 is 0 Å². The fourth-order valence-electron chi connectivity index (χ4n) is 3.22. The van der Waals surface area contributed by atoms with Crippen molar-refractivity contribution >= 4 is 11.7 Å². The highest BCUT2D eigenvalue weighted by Gasteiger charge is 2.34. The van der Waals surface area contributed by atoms with E-state index in [0.717, 1.165) is 18.2 Å². The van der Waals surface area contributed by atoms with Crippen LogP contribution in [0.5, 0.6) is 0 Å². The van der Waals surface area contributed by atoms with Crippen LogP contribution in [-0.4, -0.2) is 36.9 Å².